The van der Waals surface area contributed by atoms with Crippen molar-refractivity contribution in [2.45, 2.75) is 58.4 Å². The van der Waals surface area contributed by atoms with E-state index in [0.29, 0.717) is 22.9 Å². The van der Waals surface area contributed by atoms with E-state index in [2.05, 4.69) is 49.6 Å². The Bertz CT molecular complexity index is 1260. The highest BCUT2D eigenvalue weighted by Gasteiger charge is 2.37. The summed E-state index contributed by atoms with van der Waals surface area (Å²) < 4.78 is 22.3. The van der Waals surface area contributed by atoms with E-state index < -0.39 is 13.9 Å². The molecule has 0 aliphatic carbocycles. The Labute approximate surface area is 195 Å². The third-order valence-electron chi connectivity index (χ3n) is 6.40. The van der Waals surface area contributed by atoms with E-state index in [1.54, 1.807) is 24.5 Å². The summed E-state index contributed by atoms with van der Waals surface area (Å²) in [6.07, 6.45) is 5.38. The van der Waals surface area contributed by atoms with Crippen LogP contribution in [0, 0.1) is 5.82 Å². The SMILES string of the molecule is CC[Si](CC)(CC)OC(C)(C)c1ccn2c(-c3ccnc(-c4cccc(F)c4)n3)cnc2n1. The van der Waals surface area contributed by atoms with Gasteiger partial charge in [-0.1, -0.05) is 32.9 Å². The highest BCUT2D eigenvalue weighted by atomic mass is 28.4. The van der Waals surface area contributed by atoms with Crippen LogP contribution in [0.4, 0.5) is 4.39 Å². The minimum Gasteiger partial charge on any atom is -0.406 e. The Hall–Kier alpha value is -2.97. The van der Waals surface area contributed by atoms with E-state index in [4.69, 9.17) is 9.41 Å². The second-order valence-corrected chi connectivity index (χ2v) is 13.4. The highest BCUT2D eigenvalue weighted by molar-refractivity contribution is 6.73. The lowest BCUT2D eigenvalue weighted by atomic mass is 10.1. The van der Waals surface area contributed by atoms with E-state index in [1.165, 1.54) is 12.1 Å². The van der Waals surface area contributed by atoms with Crippen molar-refractivity contribution in [1.29, 1.82) is 0 Å². The van der Waals surface area contributed by atoms with Gasteiger partial charge in [0.05, 0.1) is 28.9 Å². The van der Waals surface area contributed by atoms with Crippen LogP contribution in [-0.4, -0.2) is 32.7 Å². The molecule has 0 N–H and O–H groups in total. The Morgan fingerprint density at radius 1 is 1.00 bits per heavy atom. The molecule has 8 heteroatoms. The van der Waals surface area contributed by atoms with Crippen molar-refractivity contribution in [1.82, 2.24) is 24.3 Å². The number of halogens is 1. The maximum atomic E-state index is 13.7. The molecule has 0 fully saturated rings. The summed E-state index contributed by atoms with van der Waals surface area (Å²) in [5.74, 6) is 0.724. The average Bonchev–Trinajstić information content (AvgIpc) is 3.26. The first-order valence-corrected chi connectivity index (χ1v) is 14.0. The smallest absolute Gasteiger partial charge is 0.234 e. The van der Waals surface area contributed by atoms with Crippen LogP contribution in [0.1, 0.15) is 40.3 Å². The molecule has 0 bridgehead atoms. The van der Waals surface area contributed by atoms with E-state index in [9.17, 15) is 4.39 Å². The van der Waals surface area contributed by atoms with Gasteiger partial charge in [-0.05, 0) is 56.2 Å². The summed E-state index contributed by atoms with van der Waals surface area (Å²) in [7, 11) is -1.80. The predicted octanol–water partition coefficient (Wildman–Crippen LogP) is 6.25. The van der Waals surface area contributed by atoms with Crippen LogP contribution in [-0.2, 0) is 10.0 Å². The van der Waals surface area contributed by atoms with Crippen LogP contribution in [0.2, 0.25) is 18.1 Å². The molecule has 0 radical (unpaired) electrons. The lowest BCUT2D eigenvalue weighted by Gasteiger charge is -2.37. The van der Waals surface area contributed by atoms with Gasteiger partial charge in [-0.2, -0.15) is 0 Å². The molecule has 6 nitrogen and oxygen atoms in total. The topological polar surface area (TPSA) is 65.2 Å². The number of imidazole rings is 1. The van der Waals surface area contributed by atoms with Crippen LogP contribution in [0.5, 0.6) is 0 Å². The van der Waals surface area contributed by atoms with Gasteiger partial charge in [-0.15, -0.1) is 0 Å². The van der Waals surface area contributed by atoms with Gasteiger partial charge < -0.3 is 4.43 Å². The van der Waals surface area contributed by atoms with Crippen molar-refractivity contribution in [2.75, 3.05) is 0 Å². The van der Waals surface area contributed by atoms with Gasteiger partial charge in [0.2, 0.25) is 5.78 Å². The van der Waals surface area contributed by atoms with Crippen molar-refractivity contribution < 1.29 is 8.82 Å². The van der Waals surface area contributed by atoms with Crippen LogP contribution in [0.15, 0.2) is 55.0 Å². The fraction of sp³-hybridized carbons (Fsp3) is 0.360. The summed E-state index contributed by atoms with van der Waals surface area (Å²) in [5, 5.41) is 0. The maximum absolute atomic E-state index is 13.7. The number of hydrogen-bond acceptors (Lipinski definition) is 5. The molecule has 1 aromatic carbocycles. The van der Waals surface area contributed by atoms with E-state index in [-0.39, 0.29) is 5.82 Å². The molecule has 4 aromatic rings. The van der Waals surface area contributed by atoms with Gasteiger partial charge in [0.15, 0.2) is 14.1 Å². The number of nitrogens with zero attached hydrogens (tertiary/aromatic N) is 5. The normalized spacial score (nSPS) is 12.4. The van der Waals surface area contributed by atoms with Crippen LogP contribution >= 0.6 is 0 Å². The van der Waals surface area contributed by atoms with Crippen LogP contribution in [0.25, 0.3) is 28.6 Å². The zero-order valence-electron chi connectivity index (χ0n) is 19.8. The van der Waals surface area contributed by atoms with Crippen LogP contribution < -0.4 is 0 Å². The Morgan fingerprint density at radius 2 is 1.76 bits per heavy atom. The second kappa shape index (κ2) is 9.11. The number of aromatic nitrogens is 5. The zero-order valence-corrected chi connectivity index (χ0v) is 20.8. The molecule has 0 unspecified atom stereocenters. The Kier molecular flexibility index (Phi) is 6.40. The molecule has 0 atom stereocenters. The molecule has 0 saturated heterocycles. The summed E-state index contributed by atoms with van der Waals surface area (Å²) in [5.41, 5.74) is 2.48. The van der Waals surface area contributed by atoms with Crippen molar-refractivity contribution >= 4 is 14.1 Å². The number of benzene rings is 1. The molecule has 3 heterocycles. The molecule has 0 spiro atoms. The average molecular weight is 464 g/mol. The minimum atomic E-state index is -1.80. The quantitative estimate of drug-likeness (QED) is 0.289. The molecule has 33 heavy (non-hydrogen) atoms. The maximum Gasteiger partial charge on any atom is 0.234 e. The van der Waals surface area contributed by atoms with Gasteiger partial charge in [-0.3, -0.25) is 4.40 Å². The van der Waals surface area contributed by atoms with Crippen molar-refractivity contribution in [3.05, 3.63) is 66.5 Å². The number of hydrogen-bond donors (Lipinski definition) is 0. The lowest BCUT2D eigenvalue weighted by Crippen LogP contribution is -2.43. The molecule has 3 aromatic heterocycles. The first kappa shape index (κ1) is 23.2. The molecule has 172 valence electrons. The van der Waals surface area contributed by atoms with Crippen LogP contribution in [0.3, 0.4) is 0 Å². The fourth-order valence-electron chi connectivity index (χ4n) is 4.22. The molecular formula is C25H30FN5OSi. The molecule has 0 aliphatic heterocycles. The lowest BCUT2D eigenvalue weighted by molar-refractivity contribution is 0.0894. The molecular weight excluding hydrogens is 433 g/mol. The Morgan fingerprint density at radius 3 is 2.45 bits per heavy atom. The number of fused-ring (bicyclic) bond motifs is 1. The fourth-order valence-corrected chi connectivity index (χ4v) is 7.34. The summed E-state index contributed by atoms with van der Waals surface area (Å²) in [6.45, 7) is 10.9. The number of rotatable bonds is 8. The van der Waals surface area contributed by atoms with Gasteiger partial charge in [0, 0.05) is 18.0 Å². The monoisotopic (exact) mass is 463 g/mol. The van der Waals surface area contributed by atoms with E-state index in [0.717, 1.165) is 29.5 Å². The van der Waals surface area contributed by atoms with Crippen molar-refractivity contribution in [3.8, 4) is 22.8 Å². The van der Waals surface area contributed by atoms with Gasteiger partial charge >= 0.3 is 0 Å². The largest absolute Gasteiger partial charge is 0.406 e. The van der Waals surface area contributed by atoms with Gasteiger partial charge in [0.1, 0.15) is 5.82 Å². The van der Waals surface area contributed by atoms with Crippen molar-refractivity contribution in [3.63, 3.8) is 0 Å². The predicted molar refractivity (Wildman–Crippen MR) is 131 cm³/mol. The van der Waals surface area contributed by atoms with Gasteiger partial charge in [-0.25, -0.2) is 24.3 Å². The third kappa shape index (κ3) is 4.58. The molecule has 4 rings (SSSR count). The second-order valence-electron chi connectivity index (χ2n) is 8.76. The summed E-state index contributed by atoms with van der Waals surface area (Å²) >= 11 is 0. The first-order chi connectivity index (χ1) is 15.8. The zero-order chi connectivity index (χ0) is 23.6. The van der Waals surface area contributed by atoms with E-state index in [1.807, 2.05) is 22.7 Å². The molecule has 0 saturated carbocycles. The van der Waals surface area contributed by atoms with Crippen molar-refractivity contribution in [2.24, 2.45) is 0 Å². The molecule has 0 aliphatic rings. The van der Waals surface area contributed by atoms with Gasteiger partial charge in [0.25, 0.3) is 0 Å². The summed E-state index contributed by atoms with van der Waals surface area (Å²) in [4.78, 5) is 18.3. The summed E-state index contributed by atoms with van der Waals surface area (Å²) in [6, 6.07) is 13.3. The highest BCUT2D eigenvalue weighted by Crippen LogP contribution is 2.33. The standard InChI is InChI=1S/C25H30FN5OSi/c1-6-33(7-2,8-3)32-25(4,5)22-13-15-31-21(17-28-24(31)30-22)20-12-14-27-23(29-20)18-10-9-11-19(26)16-18/h9-17H,6-8H2,1-5H3. The first-order valence-electron chi connectivity index (χ1n) is 11.4. The Balaban J connectivity index is 1.69. The third-order valence-corrected chi connectivity index (χ3v) is 11.2. The molecule has 0 amide bonds. The minimum absolute atomic E-state index is 0.320. The van der Waals surface area contributed by atoms with E-state index >= 15 is 0 Å².